The highest BCUT2D eigenvalue weighted by molar-refractivity contribution is 6.00. The number of hydrogen-bond acceptors (Lipinski definition) is 14. The summed E-state index contributed by atoms with van der Waals surface area (Å²) in [7, 11) is 3.00. The van der Waals surface area contributed by atoms with Gasteiger partial charge < -0.3 is 67.0 Å². The van der Waals surface area contributed by atoms with Crippen LogP contribution in [0.15, 0.2) is 4.99 Å². The fourth-order valence-electron chi connectivity index (χ4n) is 9.09. The molecule has 3 aliphatic carbocycles. The fraction of sp³-hybridized carbons (Fsp3) is 0.906. The molecule has 48 heavy (non-hydrogen) atoms. The molecule has 12 N–H and O–H groups in total. The number of Topliss-reactive ketones (excluding diaryl/α,β-unsaturated/α-hetero) is 2. The molecule has 0 amide bonds. The van der Waals surface area contributed by atoms with Gasteiger partial charge in [0.05, 0.1) is 36.3 Å². The predicted molar refractivity (Wildman–Crippen MR) is 170 cm³/mol. The number of carbonyl (C=O) groups excluding carboxylic acids is 2. The molecule has 16 atom stereocenters. The van der Waals surface area contributed by atoms with Gasteiger partial charge in [0, 0.05) is 44.9 Å². The summed E-state index contributed by atoms with van der Waals surface area (Å²) in [6.45, 7) is 1.71. The smallest absolute Gasteiger partial charge is 0.224 e. The van der Waals surface area contributed by atoms with Gasteiger partial charge in [0.15, 0.2) is 12.2 Å². The summed E-state index contributed by atoms with van der Waals surface area (Å²) in [5, 5.41) is 73.4. The van der Waals surface area contributed by atoms with Gasteiger partial charge in [-0.1, -0.05) is 6.92 Å². The Morgan fingerprint density at radius 2 is 1.79 bits per heavy atom. The van der Waals surface area contributed by atoms with E-state index in [1.807, 2.05) is 6.92 Å². The number of hydrogen-bond donors (Lipinski definition) is 10. The quantitative estimate of drug-likeness (QED) is 0.0851. The number of rotatable bonds is 9. The fourth-order valence-corrected chi connectivity index (χ4v) is 9.09. The van der Waals surface area contributed by atoms with E-state index in [-0.39, 0.29) is 61.3 Å². The highest BCUT2D eigenvalue weighted by atomic mass is 16.8. The van der Waals surface area contributed by atoms with Gasteiger partial charge in [-0.15, -0.1) is 0 Å². The Morgan fingerprint density at radius 3 is 2.44 bits per heavy atom. The molecule has 11 unspecified atom stereocenters. The van der Waals surface area contributed by atoms with E-state index in [2.05, 4.69) is 15.6 Å². The average Bonchev–Trinajstić information content (AvgIpc) is 3.07. The molecule has 2 aliphatic heterocycles. The minimum atomic E-state index is -2.74. The number of methoxy groups -OCH3 is 1. The van der Waals surface area contributed by atoms with Gasteiger partial charge in [-0.2, -0.15) is 0 Å². The summed E-state index contributed by atoms with van der Waals surface area (Å²) in [6.07, 6.45) is -6.47. The zero-order valence-electron chi connectivity index (χ0n) is 28.0. The first-order valence-corrected chi connectivity index (χ1v) is 17.2. The van der Waals surface area contributed by atoms with Crippen LogP contribution in [0.5, 0.6) is 0 Å². The van der Waals surface area contributed by atoms with Crippen molar-refractivity contribution < 1.29 is 54.4 Å². The zero-order chi connectivity index (χ0) is 35.1. The molecule has 5 fully saturated rings. The molecule has 0 radical (unpaired) electrons. The molecular weight excluding hydrogens is 630 g/mol. The Balaban J connectivity index is 1.37. The van der Waals surface area contributed by atoms with Crippen molar-refractivity contribution in [1.29, 1.82) is 0 Å². The van der Waals surface area contributed by atoms with Gasteiger partial charge in [0.25, 0.3) is 0 Å². The first-order valence-electron chi connectivity index (χ1n) is 17.2. The molecule has 3 saturated carbocycles. The maximum atomic E-state index is 14.3. The van der Waals surface area contributed by atoms with Crippen molar-refractivity contribution in [3.63, 3.8) is 0 Å². The average molecular weight is 686 g/mol. The summed E-state index contributed by atoms with van der Waals surface area (Å²) < 4.78 is 17.5. The van der Waals surface area contributed by atoms with Crippen LogP contribution in [0.4, 0.5) is 0 Å². The number of ketones is 2. The number of piperidine rings is 1. The number of ether oxygens (including phenoxy) is 3. The van der Waals surface area contributed by atoms with E-state index in [1.165, 1.54) is 14.2 Å². The molecule has 0 aromatic heterocycles. The second-order valence-electron chi connectivity index (χ2n) is 14.7. The molecule has 16 nitrogen and oxygen atoms in total. The normalized spacial score (nSPS) is 48.5. The molecule has 0 bridgehead atoms. The molecule has 0 spiro atoms. The third kappa shape index (κ3) is 6.78. The van der Waals surface area contributed by atoms with Crippen molar-refractivity contribution in [2.45, 2.75) is 106 Å². The summed E-state index contributed by atoms with van der Waals surface area (Å²) in [6, 6.07) is 0. The number of aliphatic imine (C=N–C) groups is 1. The minimum absolute atomic E-state index is 0.0565. The van der Waals surface area contributed by atoms with Crippen LogP contribution in [-0.2, 0) is 23.8 Å². The van der Waals surface area contributed by atoms with E-state index in [0.717, 1.165) is 6.42 Å². The van der Waals surface area contributed by atoms with Crippen molar-refractivity contribution in [2.75, 3.05) is 33.9 Å². The maximum Gasteiger partial charge on any atom is 0.224 e. The molecule has 16 heteroatoms. The Kier molecular flexibility index (Phi) is 11.5. The molecule has 0 aromatic rings. The van der Waals surface area contributed by atoms with Gasteiger partial charge in [-0.05, 0) is 56.9 Å². The van der Waals surface area contributed by atoms with Gasteiger partial charge >= 0.3 is 0 Å². The number of fused-ring (bicyclic) bond motifs is 2. The number of nitrogens with zero attached hydrogens (tertiary/aromatic N) is 1. The first-order chi connectivity index (χ1) is 22.7. The van der Waals surface area contributed by atoms with Crippen LogP contribution in [0.1, 0.15) is 51.9 Å². The number of nitrogens with one attached hydrogen (secondary N) is 2. The van der Waals surface area contributed by atoms with Crippen LogP contribution < -0.4 is 22.1 Å². The summed E-state index contributed by atoms with van der Waals surface area (Å²) in [5.74, 6) is -7.06. The standard InChI is InChI=1S/C32H55N5O11/c1-14-8-17-23(25(40)19(14)12-37-30(34)35-2)26(41)22-18(24(17)39)10-16(46-3)11-20(22)47-29-27(42)28(43)31(44,32(45,13-38)48-29)6-4-15-5-7-36-21(33)9-15/h14-23,25,27-29,36,38,40,42-45H,4-13,33H2,1-3H3,(H3,34,35,37)/t14?,15?,16?,17?,18?,19?,20?,21?,22?,23?,25?,27-,28-,29+,31+,32-/m1/s1. The molecule has 5 rings (SSSR count). The first kappa shape index (κ1) is 37.4. The molecule has 0 aromatic carbocycles. The second-order valence-corrected chi connectivity index (χ2v) is 14.7. The lowest BCUT2D eigenvalue weighted by Gasteiger charge is -2.55. The molecule has 2 heterocycles. The van der Waals surface area contributed by atoms with Gasteiger partial charge in [0.2, 0.25) is 5.79 Å². The minimum Gasteiger partial charge on any atom is -0.392 e. The van der Waals surface area contributed by atoms with E-state index in [0.29, 0.717) is 25.8 Å². The van der Waals surface area contributed by atoms with Gasteiger partial charge in [-0.3, -0.25) is 14.6 Å². The highest BCUT2D eigenvalue weighted by Gasteiger charge is 2.65. The number of nitrogens with two attached hydrogens (primary N) is 2. The predicted octanol–water partition coefficient (Wildman–Crippen LogP) is -3.10. The van der Waals surface area contributed by atoms with Crippen LogP contribution in [0.25, 0.3) is 0 Å². The van der Waals surface area contributed by atoms with E-state index >= 15 is 0 Å². The van der Waals surface area contributed by atoms with Crippen molar-refractivity contribution in [3.8, 4) is 0 Å². The maximum absolute atomic E-state index is 14.3. The number of carbonyl (C=O) groups is 2. The third-order valence-electron chi connectivity index (χ3n) is 12.0. The van der Waals surface area contributed by atoms with Crippen molar-refractivity contribution in [2.24, 2.45) is 57.9 Å². The van der Waals surface area contributed by atoms with Crippen LogP contribution in [0.3, 0.4) is 0 Å². The lowest BCUT2D eigenvalue weighted by molar-refractivity contribution is -0.436. The Bertz CT molecular complexity index is 1200. The number of guanidine groups is 1. The van der Waals surface area contributed by atoms with E-state index in [4.69, 9.17) is 25.7 Å². The SMILES string of the molecule is CN=C(N)NCC1C(C)CC2C(=O)C3CC(OC)CC(O[C@H]4O[C@](O)(CO)[C@](O)(CCC5CCNC(N)C5)[C@H](O)[C@H]4O)C3C(=O)C2C1O. The summed E-state index contributed by atoms with van der Waals surface area (Å²) in [5.41, 5.74) is 9.34. The van der Waals surface area contributed by atoms with Gasteiger partial charge in [-0.25, -0.2) is 0 Å². The van der Waals surface area contributed by atoms with Gasteiger partial charge in [0.1, 0.15) is 36.0 Å². The third-order valence-corrected chi connectivity index (χ3v) is 12.0. The van der Waals surface area contributed by atoms with Crippen molar-refractivity contribution >= 4 is 17.5 Å². The van der Waals surface area contributed by atoms with E-state index < -0.39 is 84.4 Å². The number of aliphatic hydroxyl groups excluding tert-OH is 4. The van der Waals surface area contributed by atoms with Crippen molar-refractivity contribution in [3.05, 3.63) is 0 Å². The summed E-state index contributed by atoms with van der Waals surface area (Å²) in [4.78, 5) is 32.3. The van der Waals surface area contributed by atoms with Crippen LogP contribution in [-0.4, -0.2) is 136 Å². The Hall–Kier alpha value is -1.83. The lowest BCUT2D eigenvalue weighted by Crippen LogP contribution is -2.74. The molecular formula is C32H55N5O11. The Labute approximate surface area is 280 Å². The zero-order valence-corrected chi connectivity index (χ0v) is 28.0. The summed E-state index contributed by atoms with van der Waals surface area (Å²) >= 11 is 0. The second kappa shape index (κ2) is 14.8. The Morgan fingerprint density at radius 1 is 1.08 bits per heavy atom. The van der Waals surface area contributed by atoms with Crippen LogP contribution in [0, 0.1) is 41.4 Å². The van der Waals surface area contributed by atoms with Crippen molar-refractivity contribution in [1.82, 2.24) is 10.6 Å². The van der Waals surface area contributed by atoms with Crippen LogP contribution >= 0.6 is 0 Å². The largest absolute Gasteiger partial charge is 0.392 e. The van der Waals surface area contributed by atoms with E-state index in [9.17, 15) is 40.2 Å². The van der Waals surface area contributed by atoms with Crippen LogP contribution in [0.2, 0.25) is 0 Å². The molecule has 274 valence electrons. The lowest BCUT2D eigenvalue weighted by atomic mass is 9.53. The highest BCUT2D eigenvalue weighted by Crippen LogP contribution is 2.51. The monoisotopic (exact) mass is 685 g/mol. The molecule has 2 saturated heterocycles. The molecule has 5 aliphatic rings. The number of aliphatic hydroxyl groups is 6. The topological polar surface area (TPSA) is 272 Å². The van der Waals surface area contributed by atoms with E-state index in [1.54, 1.807) is 0 Å².